The Bertz CT molecular complexity index is 619. The maximum atomic E-state index is 5.94. The molecule has 1 aromatic carbocycles. The molecule has 0 aliphatic carbocycles. The summed E-state index contributed by atoms with van der Waals surface area (Å²) in [6.07, 6.45) is 1.85. The maximum absolute atomic E-state index is 5.94. The Kier molecular flexibility index (Phi) is 2.91. The summed E-state index contributed by atoms with van der Waals surface area (Å²) in [6.45, 7) is 5.62. The van der Waals surface area contributed by atoms with Crippen molar-refractivity contribution in [2.24, 2.45) is 0 Å². The Hall–Kier alpha value is -2.01. The van der Waals surface area contributed by atoms with Gasteiger partial charge in [-0.25, -0.2) is 4.98 Å². The second-order valence-corrected chi connectivity index (χ2v) is 4.82. The Morgan fingerprint density at radius 3 is 2.95 bits per heavy atom. The van der Waals surface area contributed by atoms with Gasteiger partial charge in [-0.3, -0.25) is 0 Å². The van der Waals surface area contributed by atoms with Crippen molar-refractivity contribution >= 4 is 5.69 Å². The second-order valence-electron chi connectivity index (χ2n) is 4.82. The highest BCUT2D eigenvalue weighted by molar-refractivity contribution is 5.53. The van der Waals surface area contributed by atoms with Gasteiger partial charge in [-0.1, -0.05) is 0 Å². The van der Waals surface area contributed by atoms with Crippen LogP contribution in [0, 0.1) is 13.8 Å². The van der Waals surface area contributed by atoms with E-state index in [9.17, 15) is 0 Å². The predicted octanol–water partition coefficient (Wildman–Crippen LogP) is 2.00. The van der Waals surface area contributed by atoms with Gasteiger partial charge in [-0.2, -0.15) is 0 Å². The van der Waals surface area contributed by atoms with Crippen molar-refractivity contribution in [3.05, 3.63) is 41.0 Å². The Balaban J connectivity index is 2.00. The minimum absolute atomic E-state index is 0.297. The fourth-order valence-corrected chi connectivity index (χ4v) is 2.33. The van der Waals surface area contributed by atoms with Crippen LogP contribution in [0.1, 0.15) is 22.5 Å². The average Bonchev–Trinajstić information content (AvgIpc) is 2.70. The molecular weight excluding hydrogens is 242 g/mol. The summed E-state index contributed by atoms with van der Waals surface area (Å²) >= 11 is 0. The van der Waals surface area contributed by atoms with Gasteiger partial charge in [-0.15, -0.1) is 0 Å². The van der Waals surface area contributed by atoms with Crippen LogP contribution in [0.25, 0.3) is 0 Å². The van der Waals surface area contributed by atoms with Gasteiger partial charge in [-0.05, 0) is 26.0 Å². The molecule has 5 nitrogen and oxygen atoms in total. The summed E-state index contributed by atoms with van der Waals surface area (Å²) < 4.78 is 13.0. The largest absolute Gasteiger partial charge is 0.467 e. The lowest BCUT2D eigenvalue weighted by molar-refractivity contribution is -0.0170. The Morgan fingerprint density at radius 1 is 1.37 bits per heavy atom. The molecule has 0 bridgehead atoms. The van der Waals surface area contributed by atoms with Gasteiger partial charge in [0.05, 0.1) is 25.2 Å². The van der Waals surface area contributed by atoms with Gasteiger partial charge in [0.1, 0.15) is 5.75 Å². The summed E-state index contributed by atoms with van der Waals surface area (Å²) in [4.78, 5) is 4.31. The lowest BCUT2D eigenvalue weighted by Gasteiger charge is -2.21. The minimum Gasteiger partial charge on any atom is -0.467 e. The smallest absolute Gasteiger partial charge is 0.189 e. The third-order valence-corrected chi connectivity index (χ3v) is 3.50. The van der Waals surface area contributed by atoms with E-state index in [1.54, 1.807) is 0 Å². The van der Waals surface area contributed by atoms with E-state index >= 15 is 0 Å². The van der Waals surface area contributed by atoms with Gasteiger partial charge < -0.3 is 19.8 Å². The number of nitrogens with zero attached hydrogens (tertiary/aromatic N) is 2. The number of aryl methyl sites for hydroxylation is 1. The van der Waals surface area contributed by atoms with Gasteiger partial charge >= 0.3 is 0 Å². The molecule has 1 aromatic heterocycles. The first-order chi connectivity index (χ1) is 9.15. The number of anilines is 1. The number of aromatic nitrogens is 2. The Labute approximate surface area is 112 Å². The van der Waals surface area contributed by atoms with E-state index in [4.69, 9.17) is 15.2 Å². The number of rotatable bonds is 2. The first-order valence-electron chi connectivity index (χ1n) is 6.25. The molecule has 2 N–H and O–H groups in total. The van der Waals surface area contributed by atoms with Crippen LogP contribution in [0.4, 0.5) is 5.69 Å². The number of imidazole rings is 1. The molecule has 0 atom stereocenters. The first-order valence-corrected chi connectivity index (χ1v) is 6.25. The quantitative estimate of drug-likeness (QED) is 0.838. The van der Waals surface area contributed by atoms with E-state index in [0.29, 0.717) is 19.9 Å². The summed E-state index contributed by atoms with van der Waals surface area (Å²) in [5.41, 5.74) is 11.0. The van der Waals surface area contributed by atoms with Crippen LogP contribution in [0.5, 0.6) is 5.75 Å². The molecule has 0 saturated carbocycles. The molecule has 2 heterocycles. The number of benzene rings is 1. The van der Waals surface area contributed by atoms with Crippen LogP contribution in [-0.2, 0) is 17.9 Å². The van der Waals surface area contributed by atoms with Crippen molar-refractivity contribution in [1.82, 2.24) is 9.55 Å². The monoisotopic (exact) mass is 259 g/mol. The maximum Gasteiger partial charge on any atom is 0.189 e. The van der Waals surface area contributed by atoms with Crippen molar-refractivity contribution in [3.63, 3.8) is 0 Å². The molecule has 3 rings (SSSR count). The zero-order valence-electron chi connectivity index (χ0n) is 11.1. The summed E-state index contributed by atoms with van der Waals surface area (Å²) in [5, 5.41) is 0. The van der Waals surface area contributed by atoms with Crippen molar-refractivity contribution in [1.29, 1.82) is 0 Å². The zero-order chi connectivity index (χ0) is 13.4. The number of fused-ring (bicyclic) bond motifs is 1. The van der Waals surface area contributed by atoms with Crippen LogP contribution in [-0.4, -0.2) is 16.3 Å². The average molecular weight is 259 g/mol. The highest BCUT2D eigenvalue weighted by atomic mass is 16.7. The van der Waals surface area contributed by atoms with E-state index in [-0.39, 0.29) is 0 Å². The molecule has 1 aliphatic heterocycles. The van der Waals surface area contributed by atoms with Crippen molar-refractivity contribution in [2.75, 3.05) is 12.5 Å². The fourth-order valence-electron chi connectivity index (χ4n) is 2.33. The van der Waals surface area contributed by atoms with Gasteiger partial charge in [0.15, 0.2) is 6.79 Å². The predicted molar refractivity (Wildman–Crippen MR) is 71.9 cm³/mol. The molecular formula is C14H17N3O2. The van der Waals surface area contributed by atoms with Crippen LogP contribution < -0.4 is 10.5 Å². The third kappa shape index (κ3) is 2.17. The number of hydrogen-bond donors (Lipinski definition) is 1. The van der Waals surface area contributed by atoms with E-state index in [2.05, 4.69) is 16.5 Å². The van der Waals surface area contributed by atoms with E-state index < -0.39 is 0 Å². The van der Waals surface area contributed by atoms with Crippen molar-refractivity contribution < 1.29 is 9.47 Å². The zero-order valence-corrected chi connectivity index (χ0v) is 11.1. The summed E-state index contributed by atoms with van der Waals surface area (Å²) in [6, 6.07) is 3.86. The number of nitrogens with two attached hydrogens (primary N) is 1. The van der Waals surface area contributed by atoms with Crippen LogP contribution in [0.3, 0.4) is 0 Å². The SMILES string of the molecule is Cc1ncn(Cc2cc(N)cc3c2OCOC3)c1C. The molecule has 0 spiro atoms. The fraction of sp³-hybridized carbons (Fsp3) is 0.357. The molecule has 0 fully saturated rings. The molecule has 0 unspecified atom stereocenters. The number of ether oxygens (including phenoxy) is 2. The van der Waals surface area contributed by atoms with Gasteiger partial charge in [0, 0.05) is 22.5 Å². The van der Waals surface area contributed by atoms with Crippen LogP contribution >= 0.6 is 0 Å². The second kappa shape index (κ2) is 4.59. The molecule has 5 heteroatoms. The highest BCUT2D eigenvalue weighted by Gasteiger charge is 2.17. The van der Waals surface area contributed by atoms with E-state index in [1.165, 1.54) is 0 Å². The normalized spacial score (nSPS) is 14.0. The molecule has 100 valence electrons. The van der Waals surface area contributed by atoms with Crippen molar-refractivity contribution in [2.45, 2.75) is 27.0 Å². The minimum atomic E-state index is 0.297. The van der Waals surface area contributed by atoms with Crippen molar-refractivity contribution in [3.8, 4) is 5.75 Å². The van der Waals surface area contributed by atoms with Crippen LogP contribution in [0.15, 0.2) is 18.5 Å². The van der Waals surface area contributed by atoms with Gasteiger partial charge in [0.2, 0.25) is 0 Å². The molecule has 0 amide bonds. The number of hydrogen-bond acceptors (Lipinski definition) is 4. The molecule has 0 saturated heterocycles. The standard InChI is InChI=1S/C14H17N3O2/c1-9-10(2)17(7-16-9)5-11-3-13(15)4-12-6-18-8-19-14(11)12/h3-4,7H,5-6,8,15H2,1-2H3. The number of nitrogen functional groups attached to an aromatic ring is 1. The van der Waals surface area contributed by atoms with E-state index in [0.717, 1.165) is 34.0 Å². The summed E-state index contributed by atoms with van der Waals surface area (Å²) in [5.74, 6) is 0.895. The lowest BCUT2D eigenvalue weighted by Crippen LogP contribution is -2.15. The first kappa shape index (κ1) is 12.0. The topological polar surface area (TPSA) is 62.3 Å². The van der Waals surface area contributed by atoms with Crippen LogP contribution in [0.2, 0.25) is 0 Å². The molecule has 19 heavy (non-hydrogen) atoms. The van der Waals surface area contributed by atoms with Gasteiger partial charge in [0.25, 0.3) is 0 Å². The molecule has 1 aliphatic rings. The highest BCUT2D eigenvalue weighted by Crippen LogP contribution is 2.31. The third-order valence-electron chi connectivity index (χ3n) is 3.50. The van der Waals surface area contributed by atoms with E-state index in [1.807, 2.05) is 25.4 Å². The lowest BCUT2D eigenvalue weighted by atomic mass is 10.1. The molecule has 2 aromatic rings. The summed E-state index contributed by atoms with van der Waals surface area (Å²) in [7, 11) is 0. The Morgan fingerprint density at radius 2 is 2.21 bits per heavy atom. The molecule has 0 radical (unpaired) electrons.